The third-order valence-electron chi connectivity index (χ3n) is 6.23. The molecule has 1 aliphatic heterocycles. The number of amides is 1. The van der Waals surface area contributed by atoms with Gasteiger partial charge in [-0.3, -0.25) is 9.69 Å². The van der Waals surface area contributed by atoms with Gasteiger partial charge in [0.25, 0.3) is 0 Å². The Morgan fingerprint density at radius 3 is 2.59 bits per heavy atom. The Morgan fingerprint density at radius 1 is 0.969 bits per heavy atom. The summed E-state index contributed by atoms with van der Waals surface area (Å²) in [6, 6.07) is 18.0. The van der Waals surface area contributed by atoms with Crippen LogP contribution in [-0.4, -0.2) is 44.8 Å². The van der Waals surface area contributed by atoms with Gasteiger partial charge in [-0.1, -0.05) is 35.9 Å². The fraction of sp³-hybridized carbons (Fsp3) is 0.240. The molecular formula is C25H24ClN5O. The van der Waals surface area contributed by atoms with Crippen molar-refractivity contribution >= 4 is 45.0 Å². The minimum atomic E-state index is -0.178. The van der Waals surface area contributed by atoms with Gasteiger partial charge in [0, 0.05) is 36.6 Å². The molecule has 1 aromatic heterocycles. The van der Waals surface area contributed by atoms with Gasteiger partial charge < -0.3 is 10.6 Å². The normalized spacial score (nSPS) is 17.4. The number of piperazine rings is 1. The summed E-state index contributed by atoms with van der Waals surface area (Å²) in [5.41, 5.74) is 8.95. The zero-order valence-electron chi connectivity index (χ0n) is 17.8. The Balaban J connectivity index is 1.28. The molecule has 0 radical (unpaired) electrons. The first-order valence-corrected chi connectivity index (χ1v) is 11.1. The Labute approximate surface area is 191 Å². The van der Waals surface area contributed by atoms with E-state index in [9.17, 15) is 4.79 Å². The van der Waals surface area contributed by atoms with Crippen LogP contribution in [-0.2, 0) is 17.9 Å². The topological polar surface area (TPSA) is 75.3 Å². The van der Waals surface area contributed by atoms with Gasteiger partial charge >= 0.3 is 0 Å². The molecule has 0 aliphatic carbocycles. The second-order valence-corrected chi connectivity index (χ2v) is 8.78. The largest absolute Gasteiger partial charge is 0.383 e. The second-order valence-electron chi connectivity index (χ2n) is 8.34. The van der Waals surface area contributed by atoms with Crippen molar-refractivity contribution in [3.63, 3.8) is 0 Å². The molecule has 7 heteroatoms. The molecule has 6 nitrogen and oxygen atoms in total. The monoisotopic (exact) mass is 445 g/mol. The quantitative estimate of drug-likeness (QED) is 0.508. The van der Waals surface area contributed by atoms with Gasteiger partial charge in [-0.05, 0) is 59.2 Å². The maximum Gasteiger partial charge on any atom is 0.239 e. The Hall–Kier alpha value is -3.22. The van der Waals surface area contributed by atoms with Crippen LogP contribution in [0.1, 0.15) is 18.1 Å². The summed E-state index contributed by atoms with van der Waals surface area (Å²) in [7, 11) is 0. The molecule has 1 amide bonds. The number of nitrogens with zero attached hydrogens (tertiary/aromatic N) is 4. The molecule has 1 unspecified atom stereocenters. The lowest BCUT2D eigenvalue weighted by Crippen LogP contribution is -2.54. The van der Waals surface area contributed by atoms with Crippen molar-refractivity contribution in [3.8, 4) is 0 Å². The Morgan fingerprint density at radius 2 is 1.72 bits per heavy atom. The van der Waals surface area contributed by atoms with E-state index in [4.69, 9.17) is 17.3 Å². The second kappa shape index (κ2) is 8.37. The van der Waals surface area contributed by atoms with Gasteiger partial charge in [-0.15, -0.1) is 0 Å². The highest BCUT2D eigenvalue weighted by Crippen LogP contribution is 2.24. The average Bonchev–Trinajstić information content (AvgIpc) is 2.79. The van der Waals surface area contributed by atoms with Crippen LogP contribution in [0.25, 0.3) is 21.7 Å². The van der Waals surface area contributed by atoms with E-state index in [1.807, 2.05) is 48.2 Å². The molecule has 0 bridgehead atoms. The summed E-state index contributed by atoms with van der Waals surface area (Å²) >= 11 is 6.09. The van der Waals surface area contributed by atoms with Crippen molar-refractivity contribution in [1.29, 1.82) is 0 Å². The molecular weight excluding hydrogens is 422 g/mol. The molecule has 1 saturated heterocycles. The van der Waals surface area contributed by atoms with E-state index in [-0.39, 0.29) is 11.9 Å². The molecule has 1 fully saturated rings. The molecule has 2 N–H and O–H groups in total. The molecule has 32 heavy (non-hydrogen) atoms. The first kappa shape index (κ1) is 20.7. The first-order chi connectivity index (χ1) is 15.5. The molecule has 0 spiro atoms. The van der Waals surface area contributed by atoms with Crippen LogP contribution < -0.4 is 5.73 Å². The third-order valence-corrected chi connectivity index (χ3v) is 6.47. The fourth-order valence-corrected chi connectivity index (χ4v) is 4.57. The molecule has 4 aromatic rings. The van der Waals surface area contributed by atoms with Gasteiger partial charge in [-0.2, -0.15) is 0 Å². The highest BCUT2D eigenvalue weighted by molar-refractivity contribution is 6.31. The number of benzene rings is 3. The van der Waals surface area contributed by atoms with Gasteiger partial charge in [0.1, 0.15) is 12.1 Å². The summed E-state index contributed by atoms with van der Waals surface area (Å²) in [6.07, 6.45) is 1.47. The van der Waals surface area contributed by atoms with Crippen LogP contribution in [0.15, 0.2) is 60.9 Å². The van der Waals surface area contributed by atoms with Crippen LogP contribution in [0, 0.1) is 0 Å². The van der Waals surface area contributed by atoms with Gasteiger partial charge in [0.05, 0.1) is 11.6 Å². The molecule has 1 aliphatic rings. The van der Waals surface area contributed by atoms with E-state index in [1.54, 1.807) is 0 Å². The summed E-state index contributed by atoms with van der Waals surface area (Å²) < 4.78 is 0. The average molecular weight is 446 g/mol. The summed E-state index contributed by atoms with van der Waals surface area (Å²) in [5, 5.41) is 3.85. The van der Waals surface area contributed by atoms with E-state index in [0.29, 0.717) is 18.9 Å². The Kier molecular flexibility index (Phi) is 5.41. The van der Waals surface area contributed by atoms with E-state index in [2.05, 4.69) is 33.1 Å². The lowest BCUT2D eigenvalue weighted by Gasteiger charge is -2.39. The highest BCUT2D eigenvalue weighted by atomic mass is 35.5. The molecule has 2 heterocycles. The van der Waals surface area contributed by atoms with E-state index in [0.717, 1.165) is 45.4 Å². The molecule has 162 valence electrons. The van der Waals surface area contributed by atoms with E-state index >= 15 is 0 Å². The van der Waals surface area contributed by atoms with Crippen molar-refractivity contribution in [2.75, 3.05) is 18.8 Å². The van der Waals surface area contributed by atoms with Crippen LogP contribution in [0.5, 0.6) is 0 Å². The Bertz CT molecular complexity index is 1320. The summed E-state index contributed by atoms with van der Waals surface area (Å²) in [5.74, 6) is 0.614. The van der Waals surface area contributed by atoms with Gasteiger partial charge in [0.2, 0.25) is 5.91 Å². The van der Waals surface area contributed by atoms with Crippen molar-refractivity contribution in [2.24, 2.45) is 0 Å². The van der Waals surface area contributed by atoms with Crippen LogP contribution in [0.3, 0.4) is 0 Å². The maximum absolute atomic E-state index is 13.1. The summed E-state index contributed by atoms with van der Waals surface area (Å²) in [6.45, 7) is 4.81. The van der Waals surface area contributed by atoms with Gasteiger partial charge in [-0.25, -0.2) is 9.97 Å². The highest BCUT2D eigenvalue weighted by Gasteiger charge is 2.31. The SMILES string of the molecule is CC1C(=O)N(Cc2ccc3c(N)ncnc3c2)CCN1Cc1ccc2cc(Cl)ccc2c1. The molecule has 5 rings (SSSR count). The zero-order chi connectivity index (χ0) is 22.2. The number of hydrogen-bond acceptors (Lipinski definition) is 5. The number of nitrogen functional groups attached to an aromatic ring is 1. The number of aromatic nitrogens is 2. The molecule has 0 saturated carbocycles. The molecule has 1 atom stereocenters. The number of anilines is 1. The minimum absolute atomic E-state index is 0.145. The van der Waals surface area contributed by atoms with Crippen molar-refractivity contribution in [3.05, 3.63) is 77.1 Å². The van der Waals surface area contributed by atoms with Crippen LogP contribution in [0.2, 0.25) is 5.02 Å². The number of carbonyl (C=O) groups excluding carboxylic acids is 1. The fourth-order valence-electron chi connectivity index (χ4n) is 4.39. The third kappa shape index (κ3) is 3.99. The number of halogens is 1. The number of nitrogens with two attached hydrogens (primary N) is 1. The smallest absolute Gasteiger partial charge is 0.239 e. The summed E-state index contributed by atoms with van der Waals surface area (Å²) in [4.78, 5) is 25.6. The number of fused-ring (bicyclic) bond motifs is 2. The first-order valence-electron chi connectivity index (χ1n) is 10.7. The number of hydrogen-bond donors (Lipinski definition) is 1. The van der Waals surface area contributed by atoms with Crippen LogP contribution >= 0.6 is 11.6 Å². The van der Waals surface area contributed by atoms with Gasteiger partial charge in [0.15, 0.2) is 0 Å². The van der Waals surface area contributed by atoms with Crippen molar-refractivity contribution < 1.29 is 4.79 Å². The predicted molar refractivity (Wildman–Crippen MR) is 128 cm³/mol. The van der Waals surface area contributed by atoms with E-state index in [1.165, 1.54) is 11.9 Å². The standard InChI is InChI=1S/C25H24ClN5O/c1-16-25(32)31(14-18-3-7-22-23(11-18)28-15-29-24(22)27)9-8-30(16)13-17-2-4-20-12-21(26)6-5-19(20)10-17/h2-7,10-12,15-16H,8-9,13-14H2,1H3,(H2,27,28,29). The van der Waals surface area contributed by atoms with Crippen molar-refractivity contribution in [1.82, 2.24) is 19.8 Å². The van der Waals surface area contributed by atoms with Crippen LogP contribution in [0.4, 0.5) is 5.82 Å². The maximum atomic E-state index is 13.1. The minimum Gasteiger partial charge on any atom is -0.383 e. The lowest BCUT2D eigenvalue weighted by molar-refractivity contribution is -0.142. The lowest BCUT2D eigenvalue weighted by atomic mass is 10.0. The molecule has 3 aromatic carbocycles. The number of rotatable bonds is 4. The number of carbonyl (C=O) groups is 1. The van der Waals surface area contributed by atoms with E-state index < -0.39 is 0 Å². The predicted octanol–water partition coefficient (Wildman–Crippen LogP) is 4.25. The van der Waals surface area contributed by atoms with Crippen molar-refractivity contribution in [2.45, 2.75) is 26.1 Å². The zero-order valence-corrected chi connectivity index (χ0v) is 18.6.